The number of hydrogen-bond acceptors (Lipinski definition) is 5. The Hall–Kier alpha value is -3.42. The van der Waals surface area contributed by atoms with E-state index in [0.717, 1.165) is 23.4 Å². The summed E-state index contributed by atoms with van der Waals surface area (Å²) < 4.78 is 38.9. The second-order valence-electron chi connectivity index (χ2n) is 5.76. The van der Waals surface area contributed by atoms with Crippen molar-refractivity contribution in [1.82, 2.24) is 9.66 Å². The van der Waals surface area contributed by atoms with E-state index < -0.39 is 11.6 Å². The van der Waals surface area contributed by atoms with E-state index in [9.17, 15) is 8.78 Å². The lowest BCUT2D eigenvalue weighted by molar-refractivity contribution is 0.282. The monoisotopic (exact) mass is 372 g/mol. The van der Waals surface area contributed by atoms with Crippen LogP contribution in [0.4, 0.5) is 14.7 Å². The highest BCUT2D eigenvalue weighted by atomic mass is 19.1. The third-order valence-corrected chi connectivity index (χ3v) is 3.75. The third kappa shape index (κ3) is 4.41. The van der Waals surface area contributed by atoms with Gasteiger partial charge in [0, 0.05) is 11.6 Å². The summed E-state index contributed by atoms with van der Waals surface area (Å²) in [4.78, 5) is 4.07. The van der Waals surface area contributed by atoms with Crippen LogP contribution in [0.2, 0.25) is 0 Å². The average Bonchev–Trinajstić information content (AvgIpc) is 2.96. The van der Waals surface area contributed by atoms with Crippen LogP contribution in [0.1, 0.15) is 16.8 Å². The van der Waals surface area contributed by atoms with Crippen molar-refractivity contribution < 1.29 is 18.3 Å². The zero-order chi connectivity index (χ0) is 19.4. The number of rotatable bonds is 6. The topological polar surface area (TPSA) is 74.7 Å². The number of aryl methyl sites for hydroxylation is 1. The summed E-state index contributed by atoms with van der Waals surface area (Å²) in [6.45, 7) is 1.86. The molecule has 8 heteroatoms. The van der Waals surface area contributed by atoms with Gasteiger partial charge >= 0.3 is 0 Å². The molecule has 2 N–H and O–H groups in total. The predicted molar refractivity (Wildman–Crippen MR) is 98.1 cm³/mol. The van der Waals surface area contributed by atoms with E-state index in [1.165, 1.54) is 17.9 Å². The first kappa shape index (κ1) is 18.4. The number of nitrogens with zero attached hydrogens (tertiary/aromatic N) is 3. The molecule has 0 radical (unpaired) electrons. The van der Waals surface area contributed by atoms with Gasteiger partial charge in [-0.2, -0.15) is 5.10 Å². The molecule has 27 heavy (non-hydrogen) atoms. The second kappa shape index (κ2) is 7.86. The fourth-order valence-corrected chi connectivity index (χ4v) is 2.46. The number of nitrogens with two attached hydrogens (primary N) is 1. The molecule has 1 heterocycles. The number of halogens is 2. The van der Waals surface area contributed by atoms with E-state index in [0.29, 0.717) is 11.3 Å². The van der Waals surface area contributed by atoms with Gasteiger partial charge < -0.3 is 15.2 Å². The van der Waals surface area contributed by atoms with Crippen LogP contribution in [0.25, 0.3) is 0 Å². The van der Waals surface area contributed by atoms with Gasteiger partial charge in [-0.05, 0) is 42.8 Å². The molecule has 0 atom stereocenters. The summed E-state index contributed by atoms with van der Waals surface area (Å²) in [5, 5.41) is 4.26. The van der Waals surface area contributed by atoms with Crippen LogP contribution in [0.3, 0.4) is 0 Å². The number of aromatic nitrogens is 2. The van der Waals surface area contributed by atoms with Crippen LogP contribution in [0, 0.1) is 18.6 Å². The molecule has 2 aromatic carbocycles. The quantitative estimate of drug-likeness (QED) is 0.672. The molecule has 0 spiro atoms. The summed E-state index contributed by atoms with van der Waals surface area (Å²) >= 11 is 0. The molecule has 1 aromatic heterocycles. The highest BCUT2D eigenvalue weighted by Crippen LogP contribution is 2.24. The Labute approximate surface area is 154 Å². The summed E-state index contributed by atoms with van der Waals surface area (Å²) in [7, 11) is 1.53. The van der Waals surface area contributed by atoms with Crippen LogP contribution in [0.15, 0.2) is 47.7 Å². The minimum absolute atomic E-state index is 0.0414. The van der Waals surface area contributed by atoms with Gasteiger partial charge in [-0.25, -0.2) is 18.4 Å². The van der Waals surface area contributed by atoms with Crippen molar-refractivity contribution in [3.8, 4) is 11.5 Å². The summed E-state index contributed by atoms with van der Waals surface area (Å²) in [5.41, 5.74) is 7.96. The Kier molecular flexibility index (Phi) is 5.35. The lowest BCUT2D eigenvalue weighted by atomic mass is 10.1. The van der Waals surface area contributed by atoms with E-state index in [4.69, 9.17) is 15.2 Å². The Balaban J connectivity index is 1.79. The lowest BCUT2D eigenvalue weighted by Crippen LogP contribution is -2.02. The molecule has 0 fully saturated rings. The zero-order valence-corrected chi connectivity index (χ0v) is 14.8. The molecule has 0 aliphatic heterocycles. The molecule has 0 unspecified atom stereocenters. The molecule has 3 rings (SSSR count). The molecule has 0 aliphatic rings. The van der Waals surface area contributed by atoms with E-state index in [1.807, 2.05) is 13.0 Å². The Morgan fingerprint density at radius 2 is 1.96 bits per heavy atom. The van der Waals surface area contributed by atoms with E-state index in [1.54, 1.807) is 24.5 Å². The van der Waals surface area contributed by atoms with Crippen LogP contribution in [0.5, 0.6) is 11.5 Å². The van der Waals surface area contributed by atoms with Gasteiger partial charge in [-0.15, -0.1) is 0 Å². The average molecular weight is 372 g/mol. The standard InChI is InChI=1S/C19H18F2N4O2/c1-12-10-25(19(22)24-12)23-9-13-3-5-17(26-2)14(7-13)11-27-18-6-4-15(20)8-16(18)21/h3-10H,11H2,1-2H3,(H2,22,24). The van der Waals surface area contributed by atoms with Crippen molar-refractivity contribution in [2.24, 2.45) is 5.10 Å². The van der Waals surface area contributed by atoms with Crippen molar-refractivity contribution >= 4 is 12.2 Å². The largest absolute Gasteiger partial charge is 0.496 e. The number of benzene rings is 2. The fourth-order valence-electron chi connectivity index (χ4n) is 2.46. The predicted octanol–water partition coefficient (Wildman–Crippen LogP) is 3.52. The first-order valence-corrected chi connectivity index (χ1v) is 8.07. The summed E-state index contributed by atoms with van der Waals surface area (Å²) in [6, 6.07) is 8.51. The van der Waals surface area contributed by atoms with Crippen molar-refractivity contribution in [2.45, 2.75) is 13.5 Å². The highest BCUT2D eigenvalue weighted by Gasteiger charge is 2.09. The van der Waals surface area contributed by atoms with Gasteiger partial charge in [0.15, 0.2) is 11.6 Å². The molecule has 0 saturated carbocycles. The van der Waals surface area contributed by atoms with Gasteiger partial charge in [0.2, 0.25) is 5.95 Å². The van der Waals surface area contributed by atoms with Crippen LogP contribution >= 0.6 is 0 Å². The van der Waals surface area contributed by atoms with Crippen molar-refractivity contribution in [3.05, 3.63) is 71.1 Å². The minimum atomic E-state index is -0.766. The smallest absolute Gasteiger partial charge is 0.221 e. The molecule has 3 aromatic rings. The van der Waals surface area contributed by atoms with Crippen LogP contribution in [-0.4, -0.2) is 23.0 Å². The summed E-state index contributed by atoms with van der Waals surface area (Å²) in [5.74, 6) is -0.610. The first-order chi connectivity index (χ1) is 13.0. The van der Waals surface area contributed by atoms with E-state index in [2.05, 4.69) is 10.1 Å². The number of imidazole rings is 1. The van der Waals surface area contributed by atoms with Crippen molar-refractivity contribution in [2.75, 3.05) is 12.8 Å². The normalized spacial score (nSPS) is 11.1. The van der Waals surface area contributed by atoms with Gasteiger partial charge in [0.1, 0.15) is 18.2 Å². The number of methoxy groups -OCH3 is 1. The van der Waals surface area contributed by atoms with Gasteiger partial charge in [-0.3, -0.25) is 0 Å². The first-order valence-electron chi connectivity index (χ1n) is 8.07. The zero-order valence-electron chi connectivity index (χ0n) is 14.8. The van der Waals surface area contributed by atoms with Crippen molar-refractivity contribution in [3.63, 3.8) is 0 Å². The van der Waals surface area contributed by atoms with E-state index >= 15 is 0 Å². The number of ether oxygens (including phenoxy) is 2. The molecule has 0 bridgehead atoms. The maximum absolute atomic E-state index is 13.7. The minimum Gasteiger partial charge on any atom is -0.496 e. The lowest BCUT2D eigenvalue weighted by Gasteiger charge is -2.11. The molecule has 0 saturated heterocycles. The SMILES string of the molecule is COc1ccc(C=Nn2cc(C)nc2N)cc1COc1ccc(F)cc1F. The van der Waals surface area contributed by atoms with Gasteiger partial charge in [-0.1, -0.05) is 0 Å². The summed E-state index contributed by atoms with van der Waals surface area (Å²) in [6.07, 6.45) is 3.32. The molecule has 6 nitrogen and oxygen atoms in total. The maximum atomic E-state index is 13.7. The number of hydrogen-bond donors (Lipinski definition) is 1. The van der Waals surface area contributed by atoms with Crippen molar-refractivity contribution in [1.29, 1.82) is 0 Å². The fraction of sp³-hybridized carbons (Fsp3) is 0.158. The van der Waals surface area contributed by atoms with E-state index in [-0.39, 0.29) is 18.3 Å². The van der Waals surface area contributed by atoms with Gasteiger partial charge in [0.25, 0.3) is 0 Å². The second-order valence-corrected chi connectivity index (χ2v) is 5.76. The molecular formula is C19H18F2N4O2. The van der Waals surface area contributed by atoms with Crippen LogP contribution in [-0.2, 0) is 6.61 Å². The molecule has 0 amide bonds. The molecule has 140 valence electrons. The molecular weight excluding hydrogens is 354 g/mol. The van der Waals surface area contributed by atoms with Crippen LogP contribution < -0.4 is 15.2 Å². The Morgan fingerprint density at radius 3 is 2.63 bits per heavy atom. The highest BCUT2D eigenvalue weighted by molar-refractivity contribution is 5.80. The Bertz CT molecular complexity index is 986. The maximum Gasteiger partial charge on any atom is 0.221 e. The van der Waals surface area contributed by atoms with Gasteiger partial charge in [0.05, 0.1) is 25.2 Å². The molecule has 0 aliphatic carbocycles. The number of anilines is 1. The third-order valence-electron chi connectivity index (χ3n) is 3.75. The Morgan fingerprint density at radius 1 is 1.19 bits per heavy atom. The number of nitrogen functional groups attached to an aromatic ring is 1.